The van der Waals surface area contributed by atoms with Gasteiger partial charge < -0.3 is 14.7 Å². The number of Topliss-reactive ketones (excluding diaryl/α,β-unsaturated/α-hetero) is 1. The lowest BCUT2D eigenvalue weighted by atomic mass is 10.1. The van der Waals surface area contributed by atoms with Crippen LogP contribution in [-0.4, -0.2) is 35.8 Å². The number of ether oxygens (including phenoxy) is 1. The Kier molecular flexibility index (Phi) is 7.98. The number of benzene rings is 3. The molecule has 0 saturated heterocycles. The number of oxime groups is 1. The summed E-state index contributed by atoms with van der Waals surface area (Å²) in [4.78, 5) is 31.3. The number of rotatable bonds is 9. The molecular formula is C24H21NO5S. The van der Waals surface area contributed by atoms with E-state index in [-0.39, 0.29) is 24.7 Å². The molecule has 0 aliphatic rings. The van der Waals surface area contributed by atoms with E-state index in [2.05, 4.69) is 5.16 Å². The lowest BCUT2D eigenvalue weighted by Crippen LogP contribution is -2.12. The summed E-state index contributed by atoms with van der Waals surface area (Å²) in [5.41, 5.74) is 0.901. The molecule has 0 aliphatic heterocycles. The Morgan fingerprint density at radius 1 is 0.871 bits per heavy atom. The average molecular weight is 436 g/mol. The molecule has 0 atom stereocenters. The van der Waals surface area contributed by atoms with Crippen LogP contribution >= 0.6 is 11.8 Å². The first kappa shape index (κ1) is 22.3. The number of carbonyl (C=O) groups is 2. The van der Waals surface area contributed by atoms with Crippen molar-refractivity contribution in [3.05, 3.63) is 90.0 Å². The van der Waals surface area contributed by atoms with Crippen LogP contribution < -0.4 is 4.74 Å². The van der Waals surface area contributed by atoms with Crippen molar-refractivity contribution in [3.8, 4) is 5.75 Å². The fourth-order valence-corrected chi connectivity index (χ4v) is 3.38. The van der Waals surface area contributed by atoms with Gasteiger partial charge in [0, 0.05) is 15.4 Å². The zero-order valence-electron chi connectivity index (χ0n) is 16.9. The third-order valence-corrected chi connectivity index (χ3v) is 5.16. The molecule has 31 heavy (non-hydrogen) atoms. The van der Waals surface area contributed by atoms with E-state index in [0.717, 1.165) is 9.79 Å². The van der Waals surface area contributed by atoms with Gasteiger partial charge >= 0.3 is 5.97 Å². The Morgan fingerprint density at radius 3 is 2.10 bits per heavy atom. The van der Waals surface area contributed by atoms with Crippen molar-refractivity contribution in [2.45, 2.75) is 16.7 Å². The van der Waals surface area contributed by atoms with Gasteiger partial charge in [0.25, 0.3) is 0 Å². The number of ketones is 1. The third kappa shape index (κ3) is 6.53. The Labute approximate surface area is 184 Å². The van der Waals surface area contributed by atoms with Gasteiger partial charge in [0.15, 0.2) is 0 Å². The van der Waals surface area contributed by atoms with E-state index in [0.29, 0.717) is 16.9 Å². The highest BCUT2D eigenvalue weighted by Gasteiger charge is 2.12. The Hall–Kier alpha value is -3.42. The summed E-state index contributed by atoms with van der Waals surface area (Å²) < 4.78 is 5.35. The van der Waals surface area contributed by atoms with Gasteiger partial charge in [-0.2, -0.15) is 0 Å². The van der Waals surface area contributed by atoms with E-state index in [1.54, 1.807) is 54.2 Å². The fourth-order valence-electron chi connectivity index (χ4n) is 2.57. The van der Waals surface area contributed by atoms with Gasteiger partial charge in [-0.3, -0.25) is 4.79 Å². The molecule has 0 saturated carbocycles. The average Bonchev–Trinajstić information content (AvgIpc) is 2.82. The van der Waals surface area contributed by atoms with Crippen LogP contribution in [0.2, 0.25) is 0 Å². The maximum Gasteiger partial charge on any atom is 0.365 e. The molecule has 3 aromatic carbocycles. The molecule has 0 aromatic heterocycles. The van der Waals surface area contributed by atoms with Crippen molar-refractivity contribution in [2.24, 2.45) is 5.16 Å². The van der Waals surface area contributed by atoms with Crippen LogP contribution in [0.15, 0.2) is 93.8 Å². The summed E-state index contributed by atoms with van der Waals surface area (Å²) in [6.45, 7) is 1.74. The third-order valence-electron chi connectivity index (χ3n) is 4.14. The summed E-state index contributed by atoms with van der Waals surface area (Å²) in [5, 5.41) is 12.5. The zero-order chi connectivity index (χ0) is 22.1. The predicted octanol–water partition coefficient (Wildman–Crippen LogP) is 4.62. The lowest BCUT2D eigenvalue weighted by Gasteiger charge is -2.06. The number of aliphatic hydroxyl groups is 1. The molecule has 0 heterocycles. The second-order valence-electron chi connectivity index (χ2n) is 6.42. The number of carbonyl (C=O) groups excluding carboxylic acids is 2. The van der Waals surface area contributed by atoms with Gasteiger partial charge in [-0.1, -0.05) is 35.1 Å². The van der Waals surface area contributed by atoms with Crippen LogP contribution in [0.5, 0.6) is 5.75 Å². The van der Waals surface area contributed by atoms with E-state index in [9.17, 15) is 9.59 Å². The molecule has 1 N–H and O–H groups in total. The quantitative estimate of drug-likeness (QED) is 0.228. The Balaban J connectivity index is 1.58. The minimum atomic E-state index is -0.618. The highest BCUT2D eigenvalue weighted by molar-refractivity contribution is 7.99. The molecule has 3 rings (SSSR count). The van der Waals surface area contributed by atoms with Crippen molar-refractivity contribution in [2.75, 3.05) is 13.2 Å². The SMILES string of the molecule is C/C(=N\OC(=O)c1ccccc1)C(=O)c1ccc(Sc2ccc(OCCO)cc2)cc1. The van der Waals surface area contributed by atoms with Gasteiger partial charge in [0.1, 0.15) is 18.1 Å². The molecule has 0 aliphatic carbocycles. The normalized spacial score (nSPS) is 11.1. The van der Waals surface area contributed by atoms with E-state index in [4.69, 9.17) is 14.7 Å². The number of hydrogen-bond acceptors (Lipinski definition) is 7. The van der Waals surface area contributed by atoms with Crippen LogP contribution in [0.1, 0.15) is 27.6 Å². The molecule has 0 fully saturated rings. The fraction of sp³-hybridized carbons (Fsp3) is 0.125. The smallest absolute Gasteiger partial charge is 0.365 e. The zero-order valence-corrected chi connectivity index (χ0v) is 17.7. The second kappa shape index (κ2) is 11.1. The van der Waals surface area contributed by atoms with Crippen LogP contribution in [0.3, 0.4) is 0 Å². The molecule has 0 bridgehead atoms. The van der Waals surface area contributed by atoms with Gasteiger partial charge in [-0.05, 0) is 67.6 Å². The Morgan fingerprint density at radius 2 is 1.48 bits per heavy atom. The number of nitrogens with zero attached hydrogens (tertiary/aromatic N) is 1. The number of aliphatic hydroxyl groups excluding tert-OH is 1. The van der Waals surface area contributed by atoms with Crippen molar-refractivity contribution in [3.63, 3.8) is 0 Å². The molecule has 158 valence electrons. The largest absolute Gasteiger partial charge is 0.491 e. The van der Waals surface area contributed by atoms with E-state index >= 15 is 0 Å². The molecule has 0 unspecified atom stereocenters. The molecule has 3 aromatic rings. The van der Waals surface area contributed by atoms with Crippen molar-refractivity contribution >= 4 is 29.2 Å². The molecule has 6 nitrogen and oxygen atoms in total. The first-order valence-electron chi connectivity index (χ1n) is 9.54. The monoisotopic (exact) mass is 435 g/mol. The summed E-state index contributed by atoms with van der Waals surface area (Å²) in [6.07, 6.45) is 0. The Bertz CT molecular complexity index is 1050. The standard InChI is InChI=1S/C24H21NO5S/c1-17(25-30-24(28)19-5-3-2-4-6-19)23(27)18-7-11-21(12-8-18)31-22-13-9-20(10-14-22)29-16-15-26/h2-14,26H,15-16H2,1H3/b25-17+. The number of hydrogen-bond donors (Lipinski definition) is 1. The highest BCUT2D eigenvalue weighted by Crippen LogP contribution is 2.29. The van der Waals surface area contributed by atoms with Gasteiger partial charge in [-0.25, -0.2) is 4.79 Å². The first-order valence-corrected chi connectivity index (χ1v) is 10.4. The molecule has 0 spiro atoms. The van der Waals surface area contributed by atoms with Crippen molar-refractivity contribution < 1.29 is 24.3 Å². The second-order valence-corrected chi connectivity index (χ2v) is 7.57. The highest BCUT2D eigenvalue weighted by atomic mass is 32.2. The molecule has 0 amide bonds. The molecule has 7 heteroatoms. The van der Waals surface area contributed by atoms with Gasteiger partial charge in [0.05, 0.1) is 12.2 Å². The first-order chi connectivity index (χ1) is 15.1. The minimum Gasteiger partial charge on any atom is -0.491 e. The lowest BCUT2D eigenvalue weighted by molar-refractivity contribution is 0.0515. The van der Waals surface area contributed by atoms with E-state index in [1.807, 2.05) is 36.4 Å². The minimum absolute atomic E-state index is 0.0266. The summed E-state index contributed by atoms with van der Waals surface area (Å²) in [6, 6.07) is 23.1. The van der Waals surface area contributed by atoms with Crippen LogP contribution in [0, 0.1) is 0 Å². The summed E-state index contributed by atoms with van der Waals surface area (Å²) in [5.74, 6) is -0.239. The maximum absolute atomic E-state index is 12.5. The molecular weight excluding hydrogens is 414 g/mol. The van der Waals surface area contributed by atoms with Crippen molar-refractivity contribution in [1.82, 2.24) is 0 Å². The van der Waals surface area contributed by atoms with Crippen LogP contribution in [0.4, 0.5) is 0 Å². The maximum atomic E-state index is 12.5. The predicted molar refractivity (Wildman–Crippen MR) is 119 cm³/mol. The van der Waals surface area contributed by atoms with E-state index in [1.165, 1.54) is 6.92 Å². The van der Waals surface area contributed by atoms with E-state index < -0.39 is 5.97 Å². The van der Waals surface area contributed by atoms with Gasteiger partial charge in [0.2, 0.25) is 5.78 Å². The molecule has 0 radical (unpaired) electrons. The summed E-state index contributed by atoms with van der Waals surface area (Å²) in [7, 11) is 0. The van der Waals surface area contributed by atoms with Crippen LogP contribution in [0.25, 0.3) is 0 Å². The summed E-state index contributed by atoms with van der Waals surface area (Å²) >= 11 is 1.54. The van der Waals surface area contributed by atoms with Gasteiger partial charge in [-0.15, -0.1) is 0 Å². The van der Waals surface area contributed by atoms with Crippen LogP contribution in [-0.2, 0) is 4.84 Å². The van der Waals surface area contributed by atoms with Crippen molar-refractivity contribution in [1.29, 1.82) is 0 Å². The topological polar surface area (TPSA) is 85.2 Å².